The first kappa shape index (κ1) is 9.13. The van der Waals surface area contributed by atoms with Gasteiger partial charge in [-0.2, -0.15) is 0 Å². The number of benzene rings is 1. The zero-order chi connectivity index (χ0) is 8.81. The number of hydrogen-bond donors (Lipinski definition) is 1. The zero-order valence-corrected chi connectivity index (χ0v) is 7.65. The first-order chi connectivity index (χ1) is 5.86. The molecule has 1 radical (unpaired) electrons. The monoisotopic (exact) mass is 180 g/mol. The van der Waals surface area contributed by atoms with Gasteiger partial charge in [-0.05, 0) is 30.5 Å². The van der Waals surface area contributed by atoms with Gasteiger partial charge in [0, 0.05) is 10.6 Å². The summed E-state index contributed by atoms with van der Waals surface area (Å²) in [7, 11) is 0. The standard InChI is InChI=1S/C9H10NOS/c1-12-9-4-2-8(3-5-9)10-6-7-11/h2-5,10H,6H2,1H3. The molecule has 0 aliphatic heterocycles. The van der Waals surface area contributed by atoms with Gasteiger partial charge in [0.15, 0.2) is 0 Å². The quantitative estimate of drug-likeness (QED) is 0.718. The lowest BCUT2D eigenvalue weighted by molar-refractivity contribution is 0.557. The minimum Gasteiger partial charge on any atom is -0.377 e. The Labute approximate surface area is 76.4 Å². The van der Waals surface area contributed by atoms with Gasteiger partial charge in [-0.15, -0.1) is 11.8 Å². The van der Waals surface area contributed by atoms with Gasteiger partial charge in [0.2, 0.25) is 6.29 Å². The van der Waals surface area contributed by atoms with E-state index < -0.39 is 0 Å². The van der Waals surface area contributed by atoms with Gasteiger partial charge >= 0.3 is 0 Å². The molecule has 0 amide bonds. The number of anilines is 1. The SMILES string of the molecule is CSc1ccc(NC[C]=O)cc1. The van der Waals surface area contributed by atoms with Crippen LogP contribution in [0.1, 0.15) is 0 Å². The summed E-state index contributed by atoms with van der Waals surface area (Å²) in [6.07, 6.45) is 3.81. The van der Waals surface area contributed by atoms with Crippen LogP contribution >= 0.6 is 11.8 Å². The molecule has 2 nitrogen and oxygen atoms in total. The summed E-state index contributed by atoms with van der Waals surface area (Å²) in [5, 5.41) is 2.91. The molecule has 0 aromatic heterocycles. The highest BCUT2D eigenvalue weighted by molar-refractivity contribution is 7.98. The van der Waals surface area contributed by atoms with E-state index in [9.17, 15) is 4.79 Å². The number of hydrogen-bond acceptors (Lipinski definition) is 3. The highest BCUT2D eigenvalue weighted by atomic mass is 32.2. The minimum absolute atomic E-state index is 0.249. The van der Waals surface area contributed by atoms with Crippen molar-refractivity contribution in [1.82, 2.24) is 0 Å². The van der Waals surface area contributed by atoms with Crippen LogP contribution in [0.4, 0.5) is 5.69 Å². The fraction of sp³-hybridized carbons (Fsp3) is 0.222. The molecule has 1 aromatic carbocycles. The average molecular weight is 180 g/mol. The summed E-state index contributed by atoms with van der Waals surface area (Å²) >= 11 is 1.70. The van der Waals surface area contributed by atoms with E-state index in [1.165, 1.54) is 4.90 Å². The van der Waals surface area contributed by atoms with Crippen LogP contribution in [0.2, 0.25) is 0 Å². The fourth-order valence-electron chi connectivity index (χ4n) is 0.847. The molecular formula is C9H10NOS. The zero-order valence-electron chi connectivity index (χ0n) is 6.83. The van der Waals surface area contributed by atoms with E-state index in [0.717, 1.165) is 5.69 Å². The molecule has 1 aromatic rings. The molecule has 1 N–H and O–H groups in total. The molecule has 0 bridgehead atoms. The lowest BCUT2D eigenvalue weighted by atomic mass is 10.3. The molecule has 0 atom stereocenters. The fourth-order valence-corrected chi connectivity index (χ4v) is 1.26. The Hall–Kier alpha value is -0.960. The van der Waals surface area contributed by atoms with Crippen LogP contribution in [0.15, 0.2) is 29.2 Å². The van der Waals surface area contributed by atoms with Crippen LogP contribution in [0, 0.1) is 0 Å². The molecule has 0 spiro atoms. The second-order valence-electron chi connectivity index (χ2n) is 2.23. The van der Waals surface area contributed by atoms with Crippen molar-refractivity contribution < 1.29 is 4.79 Å². The van der Waals surface area contributed by atoms with Crippen molar-refractivity contribution in [2.24, 2.45) is 0 Å². The van der Waals surface area contributed by atoms with Crippen molar-refractivity contribution in [2.75, 3.05) is 18.1 Å². The molecule has 0 aliphatic carbocycles. The maximum atomic E-state index is 9.91. The van der Waals surface area contributed by atoms with E-state index in [2.05, 4.69) is 5.32 Å². The van der Waals surface area contributed by atoms with Gasteiger partial charge < -0.3 is 5.32 Å². The van der Waals surface area contributed by atoms with E-state index in [0.29, 0.717) is 0 Å². The van der Waals surface area contributed by atoms with Crippen LogP contribution in [0.25, 0.3) is 0 Å². The van der Waals surface area contributed by atoms with Gasteiger partial charge in [0.25, 0.3) is 0 Å². The molecule has 0 unspecified atom stereocenters. The predicted octanol–water partition coefficient (Wildman–Crippen LogP) is 1.93. The van der Waals surface area contributed by atoms with Crippen LogP contribution in [0.3, 0.4) is 0 Å². The Kier molecular flexibility index (Phi) is 3.67. The van der Waals surface area contributed by atoms with Crippen molar-refractivity contribution in [3.8, 4) is 0 Å². The van der Waals surface area contributed by atoms with E-state index in [1.54, 1.807) is 18.0 Å². The molecular weight excluding hydrogens is 170 g/mol. The highest BCUT2D eigenvalue weighted by Crippen LogP contribution is 2.16. The molecule has 3 heteroatoms. The molecule has 0 fully saturated rings. The lowest BCUT2D eigenvalue weighted by Gasteiger charge is -2.01. The van der Waals surface area contributed by atoms with E-state index in [1.807, 2.05) is 30.5 Å². The highest BCUT2D eigenvalue weighted by Gasteiger charge is 1.91. The second kappa shape index (κ2) is 4.83. The summed E-state index contributed by atoms with van der Waals surface area (Å²) in [4.78, 5) is 11.1. The maximum Gasteiger partial charge on any atom is 0.219 e. The van der Waals surface area contributed by atoms with Gasteiger partial charge in [0.05, 0.1) is 6.54 Å². The van der Waals surface area contributed by atoms with Crippen LogP contribution < -0.4 is 5.32 Å². The number of rotatable bonds is 4. The summed E-state index contributed by atoms with van der Waals surface area (Å²) in [6.45, 7) is 0.249. The van der Waals surface area contributed by atoms with E-state index >= 15 is 0 Å². The molecule has 12 heavy (non-hydrogen) atoms. The summed E-state index contributed by atoms with van der Waals surface area (Å²) in [5.74, 6) is 0. The Balaban J connectivity index is 2.58. The van der Waals surface area contributed by atoms with Crippen molar-refractivity contribution in [3.63, 3.8) is 0 Å². The largest absolute Gasteiger partial charge is 0.377 e. The van der Waals surface area contributed by atoms with E-state index in [4.69, 9.17) is 0 Å². The van der Waals surface area contributed by atoms with Crippen molar-refractivity contribution >= 4 is 23.7 Å². The first-order valence-electron chi connectivity index (χ1n) is 3.59. The summed E-state index contributed by atoms with van der Waals surface area (Å²) in [6, 6.07) is 7.92. The Morgan fingerprint density at radius 1 is 1.42 bits per heavy atom. The smallest absolute Gasteiger partial charge is 0.219 e. The number of nitrogens with one attached hydrogen (secondary N) is 1. The molecule has 1 rings (SSSR count). The molecule has 0 saturated carbocycles. The number of carbonyl (C=O) groups excluding carboxylic acids is 1. The Bertz CT molecular complexity index is 245. The maximum absolute atomic E-state index is 9.91. The topological polar surface area (TPSA) is 29.1 Å². The lowest BCUT2D eigenvalue weighted by Crippen LogP contribution is -2.01. The van der Waals surface area contributed by atoms with Gasteiger partial charge in [0.1, 0.15) is 0 Å². The summed E-state index contributed by atoms with van der Waals surface area (Å²) < 4.78 is 0. The second-order valence-corrected chi connectivity index (χ2v) is 3.11. The first-order valence-corrected chi connectivity index (χ1v) is 4.82. The molecule has 0 heterocycles. The third kappa shape index (κ3) is 2.58. The minimum atomic E-state index is 0.249. The van der Waals surface area contributed by atoms with Crippen LogP contribution in [-0.2, 0) is 4.79 Å². The Morgan fingerprint density at radius 2 is 2.08 bits per heavy atom. The summed E-state index contributed by atoms with van der Waals surface area (Å²) in [5.41, 5.74) is 0.955. The molecule has 63 valence electrons. The van der Waals surface area contributed by atoms with Crippen molar-refractivity contribution in [2.45, 2.75) is 4.90 Å². The van der Waals surface area contributed by atoms with Gasteiger partial charge in [-0.3, -0.25) is 4.79 Å². The Morgan fingerprint density at radius 3 is 2.58 bits per heavy atom. The van der Waals surface area contributed by atoms with Crippen LogP contribution in [0.5, 0.6) is 0 Å². The predicted molar refractivity (Wildman–Crippen MR) is 52.4 cm³/mol. The normalized spacial score (nSPS) is 9.42. The van der Waals surface area contributed by atoms with Crippen molar-refractivity contribution in [1.29, 1.82) is 0 Å². The van der Waals surface area contributed by atoms with E-state index in [-0.39, 0.29) is 6.54 Å². The average Bonchev–Trinajstić information content (AvgIpc) is 2.15. The molecule has 0 saturated heterocycles. The van der Waals surface area contributed by atoms with Crippen LogP contribution in [-0.4, -0.2) is 19.1 Å². The van der Waals surface area contributed by atoms with Crippen molar-refractivity contribution in [3.05, 3.63) is 24.3 Å². The van der Waals surface area contributed by atoms with Gasteiger partial charge in [-0.1, -0.05) is 0 Å². The third-order valence-electron chi connectivity index (χ3n) is 1.45. The van der Waals surface area contributed by atoms with Gasteiger partial charge in [-0.25, -0.2) is 0 Å². The third-order valence-corrected chi connectivity index (χ3v) is 2.20. The molecule has 0 aliphatic rings. The number of thioether (sulfide) groups is 1.